The van der Waals surface area contributed by atoms with Crippen molar-refractivity contribution in [3.8, 4) is 0 Å². The number of carbonyl (C=O) groups is 4. The summed E-state index contributed by atoms with van der Waals surface area (Å²) in [6, 6.07) is 14.9. The maximum absolute atomic E-state index is 12.6. The van der Waals surface area contributed by atoms with Crippen LogP contribution in [0.1, 0.15) is 23.2 Å². The number of allylic oxidation sites excluding steroid dienone is 2. The summed E-state index contributed by atoms with van der Waals surface area (Å²) in [4.78, 5) is 50.6. The monoisotopic (exact) mass is 404 g/mol. The lowest BCUT2D eigenvalue weighted by atomic mass is 9.85. The SMILES string of the molecule is O=C(COC(=O)c1ccc(N2C(=O)[C@H]3CC=CC[C@H]3C2=O)cc1)Nc1ccccc1. The quantitative estimate of drug-likeness (QED) is 0.470. The largest absolute Gasteiger partial charge is 0.452 e. The molecule has 0 saturated carbocycles. The number of nitrogens with one attached hydrogen (secondary N) is 1. The van der Waals surface area contributed by atoms with E-state index < -0.39 is 18.5 Å². The molecule has 4 rings (SSSR count). The first kappa shape index (κ1) is 19.6. The zero-order chi connectivity index (χ0) is 21.1. The standard InChI is InChI=1S/C23H20N2O5/c26-20(24-16-6-2-1-3-7-16)14-30-23(29)15-10-12-17(13-11-15)25-21(27)18-8-4-5-9-19(18)22(25)28/h1-7,10-13,18-19H,8-9,14H2,(H,24,26)/t18-,19+. The van der Waals surface area contributed by atoms with Crippen LogP contribution < -0.4 is 10.2 Å². The second kappa shape index (κ2) is 8.32. The smallest absolute Gasteiger partial charge is 0.338 e. The van der Waals surface area contributed by atoms with E-state index in [-0.39, 0.29) is 29.2 Å². The van der Waals surface area contributed by atoms with Crippen molar-refractivity contribution < 1.29 is 23.9 Å². The number of para-hydroxylation sites is 1. The summed E-state index contributed by atoms with van der Waals surface area (Å²) >= 11 is 0. The Hall–Kier alpha value is -3.74. The number of rotatable bonds is 5. The molecule has 0 bridgehead atoms. The molecular weight excluding hydrogens is 384 g/mol. The number of benzene rings is 2. The second-order valence-corrected chi connectivity index (χ2v) is 7.20. The molecule has 1 aliphatic heterocycles. The fraction of sp³-hybridized carbons (Fsp3) is 0.217. The van der Waals surface area contributed by atoms with Crippen molar-refractivity contribution >= 4 is 35.1 Å². The van der Waals surface area contributed by atoms with Crippen molar-refractivity contribution in [1.82, 2.24) is 0 Å². The van der Waals surface area contributed by atoms with Crippen molar-refractivity contribution in [2.75, 3.05) is 16.8 Å². The highest BCUT2D eigenvalue weighted by Gasteiger charge is 2.47. The lowest BCUT2D eigenvalue weighted by molar-refractivity contribution is -0.122. The van der Waals surface area contributed by atoms with Gasteiger partial charge in [0.2, 0.25) is 11.8 Å². The molecule has 7 heteroatoms. The highest BCUT2D eigenvalue weighted by Crippen LogP contribution is 2.37. The van der Waals surface area contributed by atoms with Crippen LogP contribution in [0.2, 0.25) is 0 Å². The number of carbonyl (C=O) groups excluding carboxylic acids is 4. The van der Waals surface area contributed by atoms with Gasteiger partial charge in [-0.25, -0.2) is 4.79 Å². The Morgan fingerprint density at radius 3 is 2.10 bits per heavy atom. The van der Waals surface area contributed by atoms with Gasteiger partial charge in [-0.15, -0.1) is 0 Å². The lowest BCUT2D eigenvalue weighted by Gasteiger charge is -2.15. The van der Waals surface area contributed by atoms with Crippen molar-refractivity contribution in [3.63, 3.8) is 0 Å². The molecule has 2 atom stereocenters. The number of hydrogen-bond acceptors (Lipinski definition) is 5. The van der Waals surface area contributed by atoms with E-state index in [9.17, 15) is 19.2 Å². The molecule has 1 aliphatic carbocycles. The topological polar surface area (TPSA) is 92.8 Å². The van der Waals surface area contributed by atoms with Gasteiger partial charge in [0.25, 0.3) is 5.91 Å². The summed E-state index contributed by atoms with van der Waals surface area (Å²) in [7, 11) is 0. The van der Waals surface area contributed by atoms with E-state index in [0.717, 1.165) is 0 Å². The molecule has 0 unspecified atom stereocenters. The van der Waals surface area contributed by atoms with Crippen LogP contribution in [0.25, 0.3) is 0 Å². The molecule has 152 valence electrons. The van der Waals surface area contributed by atoms with Gasteiger partial charge in [0.15, 0.2) is 6.61 Å². The molecule has 1 saturated heterocycles. The molecule has 1 N–H and O–H groups in total. The first-order valence-electron chi connectivity index (χ1n) is 9.69. The Morgan fingerprint density at radius 2 is 1.50 bits per heavy atom. The van der Waals surface area contributed by atoms with Gasteiger partial charge < -0.3 is 10.1 Å². The number of imide groups is 1. The van der Waals surface area contributed by atoms with Crippen LogP contribution >= 0.6 is 0 Å². The van der Waals surface area contributed by atoms with Gasteiger partial charge in [-0.3, -0.25) is 19.3 Å². The number of hydrogen-bond donors (Lipinski definition) is 1. The predicted octanol–water partition coefficient (Wildman–Crippen LogP) is 2.94. The minimum absolute atomic E-state index is 0.206. The van der Waals surface area contributed by atoms with Crippen LogP contribution in [0.4, 0.5) is 11.4 Å². The third-order valence-corrected chi connectivity index (χ3v) is 5.26. The number of esters is 1. The molecule has 0 aromatic heterocycles. The van der Waals surface area contributed by atoms with E-state index in [4.69, 9.17) is 4.74 Å². The normalized spacial score (nSPS) is 20.1. The fourth-order valence-corrected chi connectivity index (χ4v) is 3.73. The first-order chi connectivity index (χ1) is 14.5. The van der Waals surface area contributed by atoms with Crippen LogP contribution in [0.15, 0.2) is 66.7 Å². The molecule has 1 fully saturated rings. The van der Waals surface area contributed by atoms with Crippen LogP contribution in [-0.2, 0) is 19.1 Å². The Kier molecular flexibility index (Phi) is 5.43. The molecule has 0 radical (unpaired) electrons. The number of ether oxygens (including phenoxy) is 1. The lowest BCUT2D eigenvalue weighted by Crippen LogP contribution is -2.30. The third-order valence-electron chi connectivity index (χ3n) is 5.26. The van der Waals surface area contributed by atoms with Gasteiger partial charge in [0.05, 0.1) is 23.1 Å². The summed E-state index contributed by atoms with van der Waals surface area (Å²) < 4.78 is 5.04. The Bertz CT molecular complexity index is 988. The fourth-order valence-electron chi connectivity index (χ4n) is 3.73. The van der Waals surface area contributed by atoms with E-state index in [2.05, 4.69) is 5.32 Å². The number of nitrogens with zero attached hydrogens (tertiary/aromatic N) is 1. The van der Waals surface area contributed by atoms with Crippen molar-refractivity contribution in [3.05, 3.63) is 72.3 Å². The van der Waals surface area contributed by atoms with Crippen molar-refractivity contribution in [2.45, 2.75) is 12.8 Å². The van der Waals surface area contributed by atoms with Gasteiger partial charge in [-0.05, 0) is 49.2 Å². The molecule has 7 nitrogen and oxygen atoms in total. The first-order valence-corrected chi connectivity index (χ1v) is 9.69. The van der Waals surface area contributed by atoms with Gasteiger partial charge in [0.1, 0.15) is 0 Å². The minimum Gasteiger partial charge on any atom is -0.452 e. The summed E-state index contributed by atoms with van der Waals surface area (Å²) in [6.07, 6.45) is 5.01. The van der Waals surface area contributed by atoms with E-state index in [1.54, 1.807) is 36.4 Å². The zero-order valence-corrected chi connectivity index (χ0v) is 16.1. The molecule has 0 spiro atoms. The van der Waals surface area contributed by atoms with Gasteiger partial charge >= 0.3 is 5.97 Å². The maximum Gasteiger partial charge on any atom is 0.338 e. The van der Waals surface area contributed by atoms with Crippen molar-refractivity contribution in [1.29, 1.82) is 0 Å². The second-order valence-electron chi connectivity index (χ2n) is 7.20. The van der Waals surface area contributed by atoms with E-state index >= 15 is 0 Å². The average molecular weight is 404 g/mol. The van der Waals surface area contributed by atoms with Crippen LogP contribution in [0.5, 0.6) is 0 Å². The number of amides is 3. The predicted molar refractivity (Wildman–Crippen MR) is 110 cm³/mol. The van der Waals surface area contributed by atoms with Gasteiger partial charge in [0, 0.05) is 5.69 Å². The summed E-state index contributed by atoms with van der Waals surface area (Å²) in [5.74, 6) is -2.15. The van der Waals surface area contributed by atoms with Crippen LogP contribution in [0.3, 0.4) is 0 Å². The highest BCUT2D eigenvalue weighted by molar-refractivity contribution is 6.22. The molecule has 30 heavy (non-hydrogen) atoms. The van der Waals surface area contributed by atoms with Gasteiger partial charge in [-0.1, -0.05) is 30.4 Å². The third kappa shape index (κ3) is 3.87. The van der Waals surface area contributed by atoms with Crippen molar-refractivity contribution in [2.24, 2.45) is 11.8 Å². The van der Waals surface area contributed by atoms with Crippen LogP contribution in [0, 0.1) is 11.8 Å². The number of anilines is 2. The average Bonchev–Trinajstić information content (AvgIpc) is 3.03. The molecule has 1 heterocycles. The van der Waals surface area contributed by atoms with E-state index in [1.165, 1.54) is 17.0 Å². The highest BCUT2D eigenvalue weighted by atomic mass is 16.5. The zero-order valence-electron chi connectivity index (χ0n) is 16.1. The molecule has 2 aromatic rings. The molecule has 2 aliphatic rings. The maximum atomic E-state index is 12.6. The van der Waals surface area contributed by atoms with Crippen LogP contribution in [-0.4, -0.2) is 30.3 Å². The van der Waals surface area contributed by atoms with E-state index in [1.807, 2.05) is 18.2 Å². The Morgan fingerprint density at radius 1 is 0.900 bits per heavy atom. The van der Waals surface area contributed by atoms with Gasteiger partial charge in [-0.2, -0.15) is 0 Å². The summed E-state index contributed by atoms with van der Waals surface area (Å²) in [5.41, 5.74) is 1.26. The summed E-state index contributed by atoms with van der Waals surface area (Å²) in [6.45, 7) is -0.422. The molecular formula is C23H20N2O5. The minimum atomic E-state index is -0.665. The summed E-state index contributed by atoms with van der Waals surface area (Å²) in [5, 5.41) is 2.63. The Labute approximate surface area is 173 Å². The molecule has 3 amide bonds. The Balaban J connectivity index is 1.36. The molecule has 2 aromatic carbocycles. The number of fused-ring (bicyclic) bond motifs is 1. The van der Waals surface area contributed by atoms with E-state index in [0.29, 0.717) is 24.2 Å².